The Morgan fingerprint density at radius 2 is 2.45 bits per heavy atom. The number of hydrogen-bond acceptors (Lipinski definition) is 1. The minimum atomic E-state index is -0.683. The van der Waals surface area contributed by atoms with Gasteiger partial charge in [0, 0.05) is 6.42 Å². The monoisotopic (exact) mass is 262 g/mol. The highest BCUT2D eigenvalue weighted by Crippen LogP contribution is 2.01. The molecule has 0 rings (SSSR count). The Labute approximate surface area is 81.3 Å². The molecule has 0 saturated carbocycles. The van der Waals surface area contributed by atoms with E-state index < -0.39 is 6.10 Å². The molecule has 0 aliphatic heterocycles. The highest BCUT2D eigenvalue weighted by molar-refractivity contribution is 14.1. The average molecular weight is 262 g/mol. The van der Waals surface area contributed by atoms with Crippen molar-refractivity contribution in [2.45, 2.75) is 19.4 Å². The van der Waals surface area contributed by atoms with Gasteiger partial charge in [-0.05, 0) is 11.0 Å². The lowest BCUT2D eigenvalue weighted by Crippen LogP contribution is -1.94. The second-order valence-electron chi connectivity index (χ2n) is 2.13. The fourth-order valence-electron chi connectivity index (χ4n) is 0.393. The fourth-order valence-corrected chi connectivity index (χ4v) is 0.613. The van der Waals surface area contributed by atoms with Crippen LogP contribution in [0.25, 0.3) is 0 Å². The van der Waals surface area contributed by atoms with E-state index in [1.54, 1.807) is 0 Å². The van der Waals surface area contributed by atoms with Gasteiger partial charge in [-0.1, -0.05) is 52.7 Å². The molecular weight excluding hydrogens is 251 g/mol. The number of rotatable bonds is 2. The fraction of sp³-hybridized carbons (Fsp3) is 0.333. The van der Waals surface area contributed by atoms with Crippen molar-refractivity contribution < 1.29 is 5.11 Å². The molecule has 0 radical (unpaired) electrons. The first-order valence-electron chi connectivity index (χ1n) is 3.25. The van der Waals surface area contributed by atoms with Crippen molar-refractivity contribution in [1.29, 1.82) is 0 Å². The molecule has 0 heterocycles. The summed E-state index contributed by atoms with van der Waals surface area (Å²) in [4.78, 5) is 0. The number of hydrogen-bond donors (Lipinski definition) is 1. The molecular formula is C9H11IO. The predicted molar refractivity (Wildman–Crippen MR) is 56.4 cm³/mol. The SMILES string of the molecule is C=CC(O)C#CC/C(C)=C/I. The Kier molecular flexibility index (Phi) is 6.28. The first-order valence-corrected chi connectivity index (χ1v) is 4.50. The van der Waals surface area contributed by atoms with Crippen LogP contribution in [-0.4, -0.2) is 11.2 Å². The van der Waals surface area contributed by atoms with Crippen LogP contribution in [0.3, 0.4) is 0 Å². The van der Waals surface area contributed by atoms with Crippen molar-refractivity contribution in [3.63, 3.8) is 0 Å². The number of halogens is 1. The first-order chi connectivity index (χ1) is 5.20. The number of allylic oxidation sites excluding steroid dienone is 1. The van der Waals surface area contributed by atoms with E-state index in [9.17, 15) is 0 Å². The molecule has 11 heavy (non-hydrogen) atoms. The van der Waals surface area contributed by atoms with E-state index in [1.165, 1.54) is 11.6 Å². The summed E-state index contributed by atoms with van der Waals surface area (Å²) in [5, 5.41) is 8.93. The molecule has 2 heteroatoms. The van der Waals surface area contributed by atoms with Crippen molar-refractivity contribution in [2.75, 3.05) is 0 Å². The number of aliphatic hydroxyl groups is 1. The Morgan fingerprint density at radius 1 is 1.82 bits per heavy atom. The van der Waals surface area contributed by atoms with E-state index in [-0.39, 0.29) is 0 Å². The summed E-state index contributed by atoms with van der Waals surface area (Å²) in [7, 11) is 0. The third-order valence-corrected chi connectivity index (χ3v) is 2.09. The molecule has 0 fully saturated rings. The maximum Gasteiger partial charge on any atom is 0.133 e. The van der Waals surface area contributed by atoms with Crippen LogP contribution in [0.1, 0.15) is 13.3 Å². The van der Waals surface area contributed by atoms with E-state index in [1.807, 2.05) is 11.0 Å². The normalized spacial score (nSPS) is 13.2. The molecule has 1 unspecified atom stereocenters. The molecule has 0 saturated heterocycles. The maximum absolute atomic E-state index is 8.93. The Bertz CT molecular complexity index is 207. The van der Waals surface area contributed by atoms with Gasteiger partial charge in [0.2, 0.25) is 0 Å². The molecule has 0 aromatic rings. The molecule has 60 valence electrons. The summed E-state index contributed by atoms with van der Waals surface area (Å²) in [6, 6.07) is 0. The Morgan fingerprint density at radius 3 is 2.91 bits per heavy atom. The van der Waals surface area contributed by atoms with Crippen LogP contribution in [0, 0.1) is 11.8 Å². The van der Waals surface area contributed by atoms with Crippen LogP contribution in [-0.2, 0) is 0 Å². The Hall–Kier alpha value is -0.270. The van der Waals surface area contributed by atoms with Crippen LogP contribution >= 0.6 is 22.6 Å². The zero-order valence-corrected chi connectivity index (χ0v) is 8.63. The maximum atomic E-state index is 8.93. The zero-order chi connectivity index (χ0) is 8.69. The summed E-state index contributed by atoms with van der Waals surface area (Å²) in [5.74, 6) is 5.48. The lowest BCUT2D eigenvalue weighted by atomic mass is 10.2. The highest BCUT2D eigenvalue weighted by Gasteiger charge is 1.86. The minimum Gasteiger partial charge on any atom is -0.377 e. The van der Waals surface area contributed by atoms with Crippen LogP contribution in [0.4, 0.5) is 0 Å². The van der Waals surface area contributed by atoms with Crippen LogP contribution in [0.5, 0.6) is 0 Å². The van der Waals surface area contributed by atoms with Gasteiger partial charge in [-0.2, -0.15) is 0 Å². The van der Waals surface area contributed by atoms with Crippen molar-refractivity contribution in [2.24, 2.45) is 0 Å². The van der Waals surface area contributed by atoms with Crippen molar-refractivity contribution in [3.05, 3.63) is 22.3 Å². The standard InChI is InChI=1S/C9H11IO/c1-3-9(11)6-4-5-8(2)7-10/h3,7,9,11H,1,5H2,2H3/b8-7+. The first kappa shape index (κ1) is 10.7. The van der Waals surface area contributed by atoms with Gasteiger partial charge in [-0.3, -0.25) is 0 Å². The summed E-state index contributed by atoms with van der Waals surface area (Å²) < 4.78 is 1.98. The van der Waals surface area contributed by atoms with Gasteiger partial charge < -0.3 is 5.11 Å². The molecule has 0 bridgehead atoms. The molecule has 1 nitrogen and oxygen atoms in total. The highest BCUT2D eigenvalue weighted by atomic mass is 127. The molecule has 1 atom stereocenters. The third kappa shape index (κ3) is 6.14. The van der Waals surface area contributed by atoms with Crippen LogP contribution in [0.2, 0.25) is 0 Å². The van der Waals surface area contributed by atoms with Crippen LogP contribution < -0.4 is 0 Å². The molecule has 0 aromatic carbocycles. The van der Waals surface area contributed by atoms with E-state index in [0.717, 1.165) is 0 Å². The second kappa shape index (κ2) is 6.44. The van der Waals surface area contributed by atoms with Gasteiger partial charge in [0.15, 0.2) is 0 Å². The van der Waals surface area contributed by atoms with Gasteiger partial charge in [0.1, 0.15) is 6.10 Å². The quantitative estimate of drug-likeness (QED) is 0.460. The van der Waals surface area contributed by atoms with E-state index in [2.05, 4.69) is 41.0 Å². The van der Waals surface area contributed by atoms with Gasteiger partial charge in [0.25, 0.3) is 0 Å². The smallest absolute Gasteiger partial charge is 0.133 e. The number of aliphatic hydroxyl groups excluding tert-OH is 1. The second-order valence-corrected chi connectivity index (χ2v) is 2.76. The Balaban J connectivity index is 3.81. The predicted octanol–water partition coefficient (Wildman–Crippen LogP) is 2.27. The molecule has 0 amide bonds. The van der Waals surface area contributed by atoms with Gasteiger partial charge in [-0.25, -0.2) is 0 Å². The van der Waals surface area contributed by atoms with Crippen LogP contribution in [0.15, 0.2) is 22.3 Å². The molecule has 0 aliphatic carbocycles. The topological polar surface area (TPSA) is 20.2 Å². The van der Waals surface area contributed by atoms with E-state index >= 15 is 0 Å². The van der Waals surface area contributed by atoms with E-state index in [0.29, 0.717) is 6.42 Å². The molecule has 1 N–H and O–H groups in total. The van der Waals surface area contributed by atoms with Gasteiger partial charge >= 0.3 is 0 Å². The lowest BCUT2D eigenvalue weighted by molar-refractivity contribution is 0.281. The van der Waals surface area contributed by atoms with Gasteiger partial charge in [-0.15, -0.1) is 0 Å². The molecule has 0 aliphatic rings. The summed E-state index contributed by atoms with van der Waals surface area (Å²) in [6.07, 6.45) is 1.45. The zero-order valence-electron chi connectivity index (χ0n) is 6.47. The van der Waals surface area contributed by atoms with Crippen molar-refractivity contribution in [1.82, 2.24) is 0 Å². The van der Waals surface area contributed by atoms with Crippen molar-refractivity contribution >= 4 is 22.6 Å². The van der Waals surface area contributed by atoms with E-state index in [4.69, 9.17) is 5.11 Å². The summed E-state index contributed by atoms with van der Waals surface area (Å²) in [5.41, 5.74) is 1.20. The lowest BCUT2D eigenvalue weighted by Gasteiger charge is -1.90. The third-order valence-electron chi connectivity index (χ3n) is 1.03. The molecule has 0 aromatic heterocycles. The van der Waals surface area contributed by atoms with Crippen molar-refractivity contribution in [3.8, 4) is 11.8 Å². The summed E-state index contributed by atoms with van der Waals surface area (Å²) >= 11 is 2.17. The minimum absolute atomic E-state index is 0.683. The summed E-state index contributed by atoms with van der Waals surface area (Å²) in [6.45, 7) is 5.41. The largest absolute Gasteiger partial charge is 0.377 e. The van der Waals surface area contributed by atoms with Gasteiger partial charge in [0.05, 0.1) is 0 Å². The molecule has 0 spiro atoms. The average Bonchev–Trinajstić information content (AvgIpc) is 2.04.